The van der Waals surface area contributed by atoms with Gasteiger partial charge >= 0.3 is 13.8 Å². The highest BCUT2D eigenvalue weighted by Crippen LogP contribution is 2.54. The summed E-state index contributed by atoms with van der Waals surface area (Å²) in [5, 5.41) is 0. The third kappa shape index (κ3) is 13.0. The van der Waals surface area contributed by atoms with Gasteiger partial charge in [-0.1, -0.05) is 152 Å². The lowest BCUT2D eigenvalue weighted by atomic mass is 9.95. The van der Waals surface area contributed by atoms with Gasteiger partial charge in [0.15, 0.2) is 6.10 Å². The lowest BCUT2D eigenvalue weighted by Gasteiger charge is -2.46. The lowest BCUT2D eigenvalue weighted by molar-refractivity contribution is -0.307. The summed E-state index contributed by atoms with van der Waals surface area (Å²) < 4.78 is 65.8. The number of phosphoric acid groups is 1. The van der Waals surface area contributed by atoms with Crippen LogP contribution in [0.3, 0.4) is 0 Å². The fourth-order valence-electron chi connectivity index (χ4n) is 6.00. The van der Waals surface area contributed by atoms with Crippen LogP contribution in [0.4, 0.5) is 0 Å². The molecule has 0 radical (unpaired) electrons. The predicted molar refractivity (Wildman–Crippen MR) is 215 cm³/mol. The molecule has 0 aromatic heterocycles. The molecule has 0 amide bonds. The monoisotopic (exact) mass is 794 g/mol. The van der Waals surface area contributed by atoms with Crippen molar-refractivity contribution in [3.8, 4) is 0 Å². The molecule has 1 saturated heterocycles. The minimum Gasteiger partial charge on any atom is -0.454 e. The van der Waals surface area contributed by atoms with Gasteiger partial charge in [-0.2, -0.15) is 0 Å². The van der Waals surface area contributed by atoms with Crippen molar-refractivity contribution in [3.05, 3.63) is 179 Å². The average molecular weight is 795 g/mol. The SMILES string of the molecule is CC(C)(C)C(=O)OC1C(OP(=O)(OCc2ccccc2)OCc2ccccc2)OC(COCc2ccccc2)C(OCc2ccccc2)C1OCc1ccccc1. The maximum absolute atomic E-state index is 14.8. The van der Waals surface area contributed by atoms with Crippen molar-refractivity contribution >= 4 is 13.8 Å². The van der Waals surface area contributed by atoms with Gasteiger partial charge in [0, 0.05) is 0 Å². The summed E-state index contributed by atoms with van der Waals surface area (Å²) in [5.74, 6) is -0.552. The van der Waals surface area contributed by atoms with E-state index < -0.39 is 49.9 Å². The van der Waals surface area contributed by atoms with Gasteiger partial charge in [-0.05, 0) is 48.6 Å². The van der Waals surface area contributed by atoms with E-state index >= 15 is 0 Å². The van der Waals surface area contributed by atoms with Crippen LogP contribution >= 0.6 is 7.82 Å². The number of phosphoric ester groups is 1. The summed E-state index contributed by atoms with van der Waals surface area (Å²) in [6, 6.07) is 47.6. The maximum atomic E-state index is 14.8. The highest BCUT2D eigenvalue weighted by Gasteiger charge is 2.53. The second-order valence-electron chi connectivity index (χ2n) is 14.8. The second-order valence-corrected chi connectivity index (χ2v) is 16.4. The molecule has 0 spiro atoms. The quantitative estimate of drug-likeness (QED) is 0.0593. The number of esters is 1. The number of carbonyl (C=O) groups excluding carboxylic acids is 1. The van der Waals surface area contributed by atoms with Crippen LogP contribution < -0.4 is 0 Å². The molecule has 1 fully saturated rings. The van der Waals surface area contributed by atoms with Crippen LogP contribution in [-0.4, -0.2) is 43.3 Å². The fourth-order valence-corrected chi connectivity index (χ4v) is 7.23. The third-order valence-corrected chi connectivity index (χ3v) is 10.5. The molecule has 5 aromatic carbocycles. The highest BCUT2D eigenvalue weighted by atomic mass is 31.2. The van der Waals surface area contributed by atoms with Crippen LogP contribution in [0.15, 0.2) is 152 Å². The molecule has 57 heavy (non-hydrogen) atoms. The molecule has 0 aliphatic carbocycles. The smallest absolute Gasteiger partial charge is 0.454 e. The number of rotatable bonds is 19. The molecule has 1 aliphatic heterocycles. The molecule has 0 bridgehead atoms. The first-order valence-electron chi connectivity index (χ1n) is 19.1. The largest absolute Gasteiger partial charge is 0.477 e. The van der Waals surface area contributed by atoms with E-state index in [4.69, 9.17) is 37.3 Å². The third-order valence-electron chi connectivity index (χ3n) is 9.11. The van der Waals surface area contributed by atoms with E-state index in [1.54, 1.807) is 20.8 Å². The molecule has 0 saturated carbocycles. The Morgan fingerprint density at radius 3 is 1.35 bits per heavy atom. The Bertz CT molecular complexity index is 1910. The molecule has 300 valence electrons. The Hall–Kier alpha value is -4.48. The Morgan fingerprint density at radius 1 is 0.544 bits per heavy atom. The van der Waals surface area contributed by atoms with Crippen LogP contribution in [0.1, 0.15) is 48.6 Å². The van der Waals surface area contributed by atoms with E-state index in [1.165, 1.54) is 0 Å². The summed E-state index contributed by atoms with van der Waals surface area (Å²) in [6.45, 7) is 5.70. The maximum Gasteiger partial charge on any atom is 0.477 e. The Balaban J connectivity index is 1.37. The summed E-state index contributed by atoms with van der Waals surface area (Å²) in [4.78, 5) is 13.8. The highest BCUT2D eigenvalue weighted by molar-refractivity contribution is 7.48. The number of carbonyl (C=O) groups is 1. The van der Waals surface area contributed by atoms with Crippen molar-refractivity contribution in [2.24, 2.45) is 5.41 Å². The van der Waals surface area contributed by atoms with Crippen molar-refractivity contribution in [2.45, 2.75) is 84.5 Å². The number of hydrogen-bond acceptors (Lipinski definition) is 10. The van der Waals surface area contributed by atoms with Gasteiger partial charge in [-0.3, -0.25) is 18.4 Å². The number of hydrogen-bond donors (Lipinski definition) is 0. The van der Waals surface area contributed by atoms with E-state index in [0.29, 0.717) is 0 Å². The zero-order valence-electron chi connectivity index (χ0n) is 32.6. The Kier molecular flexibility index (Phi) is 15.4. The topological polar surface area (TPSA) is 108 Å². The van der Waals surface area contributed by atoms with Gasteiger partial charge in [-0.15, -0.1) is 0 Å². The van der Waals surface area contributed by atoms with Gasteiger partial charge in [0.1, 0.15) is 18.3 Å². The van der Waals surface area contributed by atoms with Crippen LogP contribution in [0.5, 0.6) is 0 Å². The van der Waals surface area contributed by atoms with Crippen molar-refractivity contribution in [2.75, 3.05) is 6.61 Å². The zero-order valence-corrected chi connectivity index (χ0v) is 33.5. The van der Waals surface area contributed by atoms with Gasteiger partial charge in [0.25, 0.3) is 0 Å². The number of ether oxygens (including phenoxy) is 5. The van der Waals surface area contributed by atoms with Gasteiger partial charge in [0.2, 0.25) is 6.29 Å². The molecule has 1 heterocycles. The Labute approximate surface area is 335 Å². The van der Waals surface area contributed by atoms with Crippen molar-refractivity contribution in [1.29, 1.82) is 0 Å². The first-order valence-corrected chi connectivity index (χ1v) is 20.6. The van der Waals surface area contributed by atoms with Gasteiger partial charge in [0.05, 0.1) is 45.1 Å². The van der Waals surface area contributed by atoms with Crippen LogP contribution in [0.25, 0.3) is 0 Å². The predicted octanol–water partition coefficient (Wildman–Crippen LogP) is 9.62. The van der Waals surface area contributed by atoms with E-state index in [1.807, 2.05) is 152 Å². The standard InChI is InChI=1S/C46H51O10P/c1-46(2,3)45(47)55-43-42(51-31-37-23-13-6-14-24-37)41(50-30-36-21-11-5-12-22-36)40(34-49-29-35-19-9-4-10-20-35)54-44(43)56-57(48,52-32-38-25-15-7-16-26-38)53-33-39-27-17-8-18-28-39/h4-28,40-44H,29-34H2,1-3H3. The van der Waals surface area contributed by atoms with Crippen LogP contribution in [0.2, 0.25) is 0 Å². The summed E-state index contributed by atoms with van der Waals surface area (Å²) >= 11 is 0. The second kappa shape index (κ2) is 20.8. The molecule has 5 aromatic rings. The normalized spacial score (nSPS) is 19.9. The first-order chi connectivity index (χ1) is 27.6. The summed E-state index contributed by atoms with van der Waals surface area (Å²) in [5.41, 5.74) is 3.32. The first kappa shape index (κ1) is 42.1. The van der Waals surface area contributed by atoms with Crippen LogP contribution in [-0.2, 0) is 79.6 Å². The summed E-state index contributed by atoms with van der Waals surface area (Å²) in [7, 11) is -4.48. The molecule has 0 N–H and O–H groups in total. The van der Waals surface area contributed by atoms with Crippen molar-refractivity contribution < 1.29 is 46.6 Å². The minimum absolute atomic E-state index is 0.0272. The van der Waals surface area contributed by atoms with Crippen molar-refractivity contribution in [3.63, 3.8) is 0 Å². The van der Waals surface area contributed by atoms with E-state index in [0.717, 1.165) is 27.8 Å². The van der Waals surface area contributed by atoms with Gasteiger partial charge in [-0.25, -0.2) is 4.57 Å². The summed E-state index contributed by atoms with van der Waals surface area (Å²) in [6.07, 6.45) is -5.50. The molecule has 5 unspecified atom stereocenters. The Morgan fingerprint density at radius 2 is 0.930 bits per heavy atom. The molecule has 6 rings (SSSR count). The minimum atomic E-state index is -4.48. The fraction of sp³-hybridized carbons (Fsp3) is 0.326. The molecular formula is C46H51O10P. The van der Waals surface area contributed by atoms with E-state index in [2.05, 4.69) is 0 Å². The van der Waals surface area contributed by atoms with Crippen LogP contribution in [0, 0.1) is 5.41 Å². The van der Waals surface area contributed by atoms with Crippen molar-refractivity contribution in [1.82, 2.24) is 0 Å². The molecule has 1 aliphatic rings. The van der Waals surface area contributed by atoms with E-state index in [-0.39, 0.29) is 39.6 Å². The molecule has 11 heteroatoms. The lowest BCUT2D eigenvalue weighted by Crippen LogP contribution is -2.62. The molecular weight excluding hydrogens is 743 g/mol. The number of benzene rings is 5. The van der Waals surface area contributed by atoms with E-state index in [9.17, 15) is 9.36 Å². The molecule has 10 nitrogen and oxygen atoms in total. The van der Waals surface area contributed by atoms with Gasteiger partial charge < -0.3 is 23.7 Å². The zero-order chi connectivity index (χ0) is 39.9. The molecule has 5 atom stereocenters. The average Bonchev–Trinajstić information content (AvgIpc) is 3.23.